The molecule has 0 radical (unpaired) electrons. The number of para-hydroxylation sites is 1. The highest BCUT2D eigenvalue weighted by Gasteiger charge is 2.34. The van der Waals surface area contributed by atoms with Gasteiger partial charge in [-0.05, 0) is 26.0 Å². The summed E-state index contributed by atoms with van der Waals surface area (Å²) in [6, 6.07) is 3.85. The van der Waals surface area contributed by atoms with Gasteiger partial charge in [0.05, 0.1) is 17.7 Å². The summed E-state index contributed by atoms with van der Waals surface area (Å²) < 4.78 is 43.5. The Bertz CT molecular complexity index is 492. The van der Waals surface area contributed by atoms with E-state index in [2.05, 4.69) is 10.6 Å². The van der Waals surface area contributed by atoms with Crippen LogP contribution < -0.4 is 15.4 Å². The molecule has 0 aromatic heterocycles. The van der Waals surface area contributed by atoms with Crippen LogP contribution in [0.2, 0.25) is 0 Å². The molecule has 0 aliphatic carbocycles. The van der Waals surface area contributed by atoms with Crippen LogP contribution in [-0.4, -0.2) is 36.4 Å². The first-order valence-electron chi connectivity index (χ1n) is 6.71. The highest BCUT2D eigenvalue weighted by atomic mass is 19.4. The third-order valence-corrected chi connectivity index (χ3v) is 2.62. The van der Waals surface area contributed by atoms with Crippen molar-refractivity contribution in [1.29, 1.82) is 0 Å². The average molecular weight is 320 g/mol. The molecular weight excluding hydrogens is 301 g/mol. The fourth-order valence-electron chi connectivity index (χ4n) is 1.60. The Morgan fingerprint density at radius 1 is 1.32 bits per heavy atom. The second-order valence-electron chi connectivity index (χ2n) is 4.91. The monoisotopic (exact) mass is 320 g/mol. The van der Waals surface area contributed by atoms with Gasteiger partial charge in [0.25, 0.3) is 0 Å². The van der Waals surface area contributed by atoms with Crippen LogP contribution in [-0.2, 0) is 6.18 Å². The van der Waals surface area contributed by atoms with Gasteiger partial charge in [-0.2, -0.15) is 13.2 Å². The molecular formula is C14H19F3N2O3. The number of hydrogen-bond donors (Lipinski definition) is 3. The summed E-state index contributed by atoms with van der Waals surface area (Å²) in [5.41, 5.74) is -0.860. The molecule has 0 heterocycles. The van der Waals surface area contributed by atoms with Gasteiger partial charge in [0.2, 0.25) is 0 Å². The number of carbonyl (C=O) groups is 1. The number of benzene rings is 1. The van der Waals surface area contributed by atoms with Crippen molar-refractivity contribution in [3.63, 3.8) is 0 Å². The van der Waals surface area contributed by atoms with E-state index in [-0.39, 0.29) is 18.9 Å². The third-order valence-electron chi connectivity index (χ3n) is 2.62. The van der Waals surface area contributed by atoms with Crippen molar-refractivity contribution in [1.82, 2.24) is 10.6 Å². The first-order chi connectivity index (χ1) is 10.2. The molecule has 0 aliphatic rings. The Kier molecular flexibility index (Phi) is 6.48. The summed E-state index contributed by atoms with van der Waals surface area (Å²) in [5.74, 6) is -0.284. The predicted molar refractivity (Wildman–Crippen MR) is 74.6 cm³/mol. The summed E-state index contributed by atoms with van der Waals surface area (Å²) in [6.07, 6.45) is -5.18. The number of urea groups is 1. The number of alkyl halides is 3. The van der Waals surface area contributed by atoms with E-state index in [1.165, 1.54) is 25.1 Å². The maximum Gasteiger partial charge on any atom is 0.419 e. The zero-order valence-corrected chi connectivity index (χ0v) is 12.3. The average Bonchev–Trinajstić information content (AvgIpc) is 2.42. The lowest BCUT2D eigenvalue weighted by molar-refractivity contribution is -0.139. The molecule has 0 spiro atoms. The van der Waals surface area contributed by atoms with Crippen LogP contribution in [0.25, 0.3) is 0 Å². The Morgan fingerprint density at radius 3 is 2.55 bits per heavy atom. The van der Waals surface area contributed by atoms with Crippen molar-refractivity contribution >= 4 is 6.03 Å². The highest BCUT2D eigenvalue weighted by Crippen LogP contribution is 2.35. The molecule has 5 nitrogen and oxygen atoms in total. The number of halogens is 3. The molecule has 2 atom stereocenters. The van der Waals surface area contributed by atoms with E-state index in [1.807, 2.05) is 0 Å². The lowest BCUT2D eigenvalue weighted by Gasteiger charge is -2.18. The van der Waals surface area contributed by atoms with Gasteiger partial charge in [0.1, 0.15) is 12.4 Å². The minimum absolute atomic E-state index is 0.0797. The van der Waals surface area contributed by atoms with Gasteiger partial charge in [-0.3, -0.25) is 0 Å². The van der Waals surface area contributed by atoms with Crippen molar-refractivity contribution in [2.45, 2.75) is 32.2 Å². The van der Waals surface area contributed by atoms with E-state index in [9.17, 15) is 18.0 Å². The van der Waals surface area contributed by atoms with Crippen molar-refractivity contribution in [3.05, 3.63) is 29.8 Å². The lowest BCUT2D eigenvalue weighted by atomic mass is 10.2. The van der Waals surface area contributed by atoms with Gasteiger partial charge in [-0.15, -0.1) is 0 Å². The topological polar surface area (TPSA) is 70.6 Å². The number of rotatable bonds is 6. The molecule has 0 aliphatic heterocycles. The summed E-state index contributed by atoms with van der Waals surface area (Å²) >= 11 is 0. The smallest absolute Gasteiger partial charge is 0.419 e. The minimum Gasteiger partial charge on any atom is -0.491 e. The largest absolute Gasteiger partial charge is 0.491 e. The van der Waals surface area contributed by atoms with Gasteiger partial charge in [-0.1, -0.05) is 12.1 Å². The molecule has 0 saturated carbocycles. The molecule has 2 amide bonds. The fraction of sp³-hybridized carbons (Fsp3) is 0.500. The fourth-order valence-corrected chi connectivity index (χ4v) is 1.60. The Balaban J connectivity index is 2.51. The maximum atomic E-state index is 12.8. The number of ether oxygens (including phenoxy) is 1. The highest BCUT2D eigenvalue weighted by molar-refractivity contribution is 5.74. The van der Waals surface area contributed by atoms with Crippen LogP contribution in [0.5, 0.6) is 5.75 Å². The molecule has 0 fully saturated rings. The van der Waals surface area contributed by atoms with E-state index < -0.39 is 29.9 Å². The standard InChI is InChI=1S/C14H19F3N2O3/c1-9(19-13(21)18-7-10(2)20)8-22-12-6-4-3-5-11(12)14(15,16)17/h3-6,9-10,20H,7-8H2,1-2H3,(H2,18,19,21)/t9-,10+/m0/s1. The van der Waals surface area contributed by atoms with Crippen molar-refractivity contribution in [2.75, 3.05) is 13.2 Å². The van der Waals surface area contributed by atoms with Gasteiger partial charge in [0, 0.05) is 6.54 Å². The normalized spacial score (nSPS) is 14.1. The zero-order valence-electron chi connectivity index (χ0n) is 12.3. The van der Waals surface area contributed by atoms with E-state index in [4.69, 9.17) is 9.84 Å². The summed E-state index contributed by atoms with van der Waals surface area (Å²) in [7, 11) is 0. The Morgan fingerprint density at radius 2 is 1.95 bits per heavy atom. The SMILES string of the molecule is C[C@@H](O)CNC(=O)N[C@@H](C)COc1ccccc1C(F)(F)F. The molecule has 1 rings (SSSR count). The van der Waals surface area contributed by atoms with E-state index in [0.717, 1.165) is 6.07 Å². The van der Waals surface area contributed by atoms with E-state index in [1.54, 1.807) is 6.92 Å². The molecule has 124 valence electrons. The lowest BCUT2D eigenvalue weighted by Crippen LogP contribution is -2.45. The second-order valence-corrected chi connectivity index (χ2v) is 4.91. The van der Waals surface area contributed by atoms with Crippen LogP contribution in [0.4, 0.5) is 18.0 Å². The number of aliphatic hydroxyl groups excluding tert-OH is 1. The molecule has 0 saturated heterocycles. The maximum absolute atomic E-state index is 12.8. The van der Waals surface area contributed by atoms with Gasteiger partial charge < -0.3 is 20.5 Å². The van der Waals surface area contributed by atoms with E-state index in [0.29, 0.717) is 0 Å². The van der Waals surface area contributed by atoms with Crippen LogP contribution in [0.1, 0.15) is 19.4 Å². The van der Waals surface area contributed by atoms with Gasteiger partial charge in [0.15, 0.2) is 0 Å². The number of hydrogen-bond acceptors (Lipinski definition) is 3. The van der Waals surface area contributed by atoms with Crippen molar-refractivity contribution in [2.24, 2.45) is 0 Å². The molecule has 8 heteroatoms. The Labute approximate surface area is 126 Å². The van der Waals surface area contributed by atoms with Crippen LogP contribution in [0.15, 0.2) is 24.3 Å². The molecule has 22 heavy (non-hydrogen) atoms. The summed E-state index contributed by atoms with van der Waals surface area (Å²) in [4.78, 5) is 11.4. The zero-order chi connectivity index (χ0) is 16.8. The third kappa shape index (κ3) is 6.21. The first-order valence-corrected chi connectivity index (χ1v) is 6.71. The number of carbonyl (C=O) groups excluding carboxylic acids is 1. The number of aliphatic hydroxyl groups is 1. The quantitative estimate of drug-likeness (QED) is 0.752. The predicted octanol–water partition coefficient (Wildman–Crippen LogP) is 2.15. The molecule has 0 unspecified atom stereocenters. The molecule has 0 bridgehead atoms. The molecule has 3 N–H and O–H groups in total. The van der Waals surface area contributed by atoms with E-state index >= 15 is 0 Å². The summed E-state index contributed by atoms with van der Waals surface area (Å²) in [5, 5.41) is 13.9. The molecule has 1 aromatic carbocycles. The van der Waals surface area contributed by atoms with Crippen LogP contribution in [0, 0.1) is 0 Å². The van der Waals surface area contributed by atoms with Gasteiger partial charge in [-0.25, -0.2) is 4.79 Å². The van der Waals surface area contributed by atoms with Crippen LogP contribution >= 0.6 is 0 Å². The van der Waals surface area contributed by atoms with Crippen molar-refractivity contribution in [3.8, 4) is 5.75 Å². The van der Waals surface area contributed by atoms with Gasteiger partial charge >= 0.3 is 12.2 Å². The molecule has 1 aromatic rings. The second kappa shape index (κ2) is 7.88. The number of nitrogens with one attached hydrogen (secondary N) is 2. The minimum atomic E-state index is -4.50. The first kappa shape index (κ1) is 18.1. The van der Waals surface area contributed by atoms with Crippen molar-refractivity contribution < 1.29 is 27.8 Å². The Hall–Kier alpha value is -1.96. The summed E-state index contributed by atoms with van der Waals surface area (Å²) in [6.45, 7) is 3.07. The number of amides is 2. The van der Waals surface area contributed by atoms with Crippen LogP contribution in [0.3, 0.4) is 0 Å².